The second-order valence-corrected chi connectivity index (χ2v) is 7.27. The number of ketones is 1. The maximum atomic E-state index is 11.9. The van der Waals surface area contributed by atoms with Gasteiger partial charge in [-0.2, -0.15) is 8.42 Å². The summed E-state index contributed by atoms with van der Waals surface area (Å²) in [5.41, 5.74) is -0.828. The average Bonchev–Trinajstić information content (AvgIpc) is 2.59. The van der Waals surface area contributed by atoms with Crippen molar-refractivity contribution in [1.29, 1.82) is 0 Å². The first-order valence-electron chi connectivity index (χ1n) is 5.21. The Morgan fingerprint density at radius 3 is 2.40 bits per heavy atom. The normalized spacial score (nSPS) is 36.2. The minimum absolute atomic E-state index is 0.0152. The molecule has 1 N–H and O–H groups in total. The van der Waals surface area contributed by atoms with E-state index in [2.05, 4.69) is 0 Å². The fourth-order valence-electron chi connectivity index (χ4n) is 3.16. The smallest absolute Gasteiger partial charge is 0.271 e. The molecular weight excluding hydrogens is 216 g/mol. The lowest BCUT2D eigenvalue weighted by atomic mass is 9.73. The number of Topliss-reactive ketones (excluding diaryl/α,β-unsaturated/α-hetero) is 1. The first-order valence-corrected chi connectivity index (χ1v) is 6.65. The van der Waals surface area contributed by atoms with E-state index in [1.54, 1.807) is 0 Å². The molecule has 0 amide bonds. The van der Waals surface area contributed by atoms with E-state index in [1.165, 1.54) is 13.8 Å². The number of hydrogen-bond donors (Lipinski definition) is 1. The van der Waals surface area contributed by atoms with Crippen molar-refractivity contribution in [2.24, 2.45) is 11.3 Å². The van der Waals surface area contributed by atoms with Gasteiger partial charge in [0.05, 0.1) is 5.41 Å². The van der Waals surface area contributed by atoms with Crippen molar-refractivity contribution in [2.45, 2.75) is 44.3 Å². The van der Waals surface area contributed by atoms with Crippen LogP contribution in [0.2, 0.25) is 0 Å². The first-order chi connectivity index (χ1) is 6.71. The molecule has 2 aliphatic rings. The molecule has 0 aromatic rings. The van der Waals surface area contributed by atoms with Crippen LogP contribution < -0.4 is 0 Å². The lowest BCUT2D eigenvalue weighted by Crippen LogP contribution is -2.51. The minimum Gasteiger partial charge on any atom is -0.299 e. The van der Waals surface area contributed by atoms with Gasteiger partial charge in [0.1, 0.15) is 10.5 Å². The van der Waals surface area contributed by atoms with Gasteiger partial charge in [-0.15, -0.1) is 0 Å². The minimum atomic E-state index is -4.18. The molecule has 86 valence electrons. The van der Waals surface area contributed by atoms with Gasteiger partial charge in [-0.05, 0) is 39.0 Å². The zero-order chi connectivity index (χ0) is 11.5. The Balaban J connectivity index is 2.50. The summed E-state index contributed by atoms with van der Waals surface area (Å²) < 4.78 is 30.7. The van der Waals surface area contributed by atoms with Crippen molar-refractivity contribution in [2.75, 3.05) is 0 Å². The quantitative estimate of drug-likeness (QED) is 0.731. The highest BCUT2D eigenvalue weighted by atomic mass is 32.2. The second kappa shape index (κ2) is 2.83. The fourth-order valence-corrected chi connectivity index (χ4v) is 3.95. The fraction of sp³-hybridized carbons (Fsp3) is 0.900. The van der Waals surface area contributed by atoms with Crippen molar-refractivity contribution in [1.82, 2.24) is 0 Å². The van der Waals surface area contributed by atoms with Crippen LogP contribution in [-0.4, -0.2) is 23.5 Å². The van der Waals surface area contributed by atoms with Crippen molar-refractivity contribution in [3.8, 4) is 0 Å². The van der Waals surface area contributed by atoms with Crippen molar-refractivity contribution < 1.29 is 17.8 Å². The molecule has 0 aliphatic heterocycles. The molecule has 2 unspecified atom stereocenters. The summed E-state index contributed by atoms with van der Waals surface area (Å²) in [6.07, 6.45) is 2.62. The van der Waals surface area contributed by atoms with Gasteiger partial charge >= 0.3 is 0 Å². The summed E-state index contributed by atoms with van der Waals surface area (Å²) in [5.74, 6) is 0.347. The molecule has 0 aromatic carbocycles. The summed E-state index contributed by atoms with van der Waals surface area (Å²) in [6, 6.07) is 0. The molecule has 2 atom stereocenters. The van der Waals surface area contributed by atoms with E-state index < -0.39 is 20.3 Å². The van der Waals surface area contributed by atoms with Crippen LogP contribution in [0.15, 0.2) is 0 Å². The molecule has 0 aromatic heterocycles. The molecule has 2 rings (SSSR count). The van der Waals surface area contributed by atoms with Crippen molar-refractivity contribution in [3.05, 3.63) is 0 Å². The molecule has 0 radical (unpaired) electrons. The zero-order valence-corrected chi connectivity index (χ0v) is 9.80. The molecule has 0 spiro atoms. The Morgan fingerprint density at radius 2 is 2.07 bits per heavy atom. The van der Waals surface area contributed by atoms with Gasteiger partial charge in [-0.3, -0.25) is 9.35 Å². The number of fused-ring (bicyclic) bond motifs is 2. The molecule has 2 saturated carbocycles. The Kier molecular flexibility index (Phi) is 2.09. The highest BCUT2D eigenvalue weighted by Crippen LogP contribution is 2.59. The summed E-state index contributed by atoms with van der Waals surface area (Å²) in [4.78, 5) is 11.9. The van der Waals surface area contributed by atoms with Gasteiger partial charge in [0.25, 0.3) is 10.1 Å². The third-order valence-corrected chi connectivity index (χ3v) is 6.10. The second-order valence-electron chi connectivity index (χ2n) is 5.30. The Bertz CT molecular complexity index is 409. The van der Waals surface area contributed by atoms with Gasteiger partial charge in [0.15, 0.2) is 0 Å². The lowest BCUT2D eigenvalue weighted by Gasteiger charge is -2.38. The van der Waals surface area contributed by atoms with Crippen molar-refractivity contribution >= 4 is 15.9 Å². The van der Waals surface area contributed by atoms with Crippen LogP contribution in [0.25, 0.3) is 0 Å². The molecule has 2 bridgehead atoms. The van der Waals surface area contributed by atoms with E-state index >= 15 is 0 Å². The van der Waals surface area contributed by atoms with Crippen LogP contribution >= 0.6 is 0 Å². The van der Waals surface area contributed by atoms with Crippen molar-refractivity contribution in [3.63, 3.8) is 0 Å². The predicted molar refractivity (Wildman–Crippen MR) is 55.0 cm³/mol. The Hall–Kier alpha value is -0.420. The standard InChI is InChI=1S/C10H16O4S/c1-9(2,15(12,13)14)10-4-3-7(6-10)5-8(10)11/h7H,3-6H2,1-2H3,(H,12,13,14). The Morgan fingerprint density at radius 1 is 1.47 bits per heavy atom. The maximum Gasteiger partial charge on any atom is 0.271 e. The van der Waals surface area contributed by atoms with Crippen LogP contribution in [0, 0.1) is 11.3 Å². The lowest BCUT2D eigenvalue weighted by molar-refractivity contribution is -0.128. The van der Waals surface area contributed by atoms with E-state index in [9.17, 15) is 17.8 Å². The molecular formula is C10H16O4S. The maximum absolute atomic E-state index is 11.9. The summed E-state index contributed by atoms with van der Waals surface area (Å²) in [5, 5.41) is 0. The highest BCUT2D eigenvalue weighted by Gasteiger charge is 2.63. The van der Waals surface area contributed by atoms with Crippen LogP contribution in [0.1, 0.15) is 39.5 Å². The first kappa shape index (κ1) is 11.1. The molecule has 4 nitrogen and oxygen atoms in total. The van der Waals surface area contributed by atoms with E-state index in [-0.39, 0.29) is 5.78 Å². The molecule has 0 heterocycles. The number of hydrogen-bond acceptors (Lipinski definition) is 3. The SMILES string of the molecule is CC(C)(C12CCC(CC1=O)C2)S(=O)(=O)O. The monoisotopic (exact) mass is 232 g/mol. The number of carbonyl (C=O) groups is 1. The topological polar surface area (TPSA) is 71.4 Å². The molecule has 15 heavy (non-hydrogen) atoms. The Labute approximate surface area is 89.8 Å². The molecule has 2 fully saturated rings. The van der Waals surface area contributed by atoms with Crippen LogP contribution in [0.5, 0.6) is 0 Å². The molecule has 2 aliphatic carbocycles. The van der Waals surface area contributed by atoms with Gasteiger partial charge < -0.3 is 0 Å². The van der Waals surface area contributed by atoms with Gasteiger partial charge in [-0.1, -0.05) is 0 Å². The van der Waals surface area contributed by atoms with Gasteiger partial charge in [0, 0.05) is 6.42 Å². The number of rotatable bonds is 2. The van der Waals surface area contributed by atoms with E-state index in [0.717, 1.165) is 6.42 Å². The number of carbonyl (C=O) groups excluding carboxylic acids is 1. The molecule has 0 saturated heterocycles. The van der Waals surface area contributed by atoms with E-state index in [0.29, 0.717) is 25.2 Å². The summed E-state index contributed by atoms with van der Waals surface area (Å²) >= 11 is 0. The zero-order valence-electron chi connectivity index (χ0n) is 8.99. The van der Waals surface area contributed by atoms with E-state index in [1.807, 2.05) is 0 Å². The predicted octanol–water partition coefficient (Wildman–Crippen LogP) is 1.41. The average molecular weight is 232 g/mol. The van der Waals surface area contributed by atoms with Crippen LogP contribution in [-0.2, 0) is 14.9 Å². The van der Waals surface area contributed by atoms with Gasteiger partial charge in [-0.25, -0.2) is 0 Å². The third kappa shape index (κ3) is 1.22. The van der Waals surface area contributed by atoms with Gasteiger partial charge in [0.2, 0.25) is 0 Å². The van der Waals surface area contributed by atoms with Crippen LogP contribution in [0.4, 0.5) is 0 Å². The summed E-state index contributed by atoms with van der Waals surface area (Å²) in [7, 11) is -4.18. The van der Waals surface area contributed by atoms with Crippen LogP contribution in [0.3, 0.4) is 0 Å². The largest absolute Gasteiger partial charge is 0.299 e. The highest BCUT2D eigenvalue weighted by molar-refractivity contribution is 7.87. The van der Waals surface area contributed by atoms with E-state index in [4.69, 9.17) is 0 Å². The third-order valence-electron chi connectivity index (χ3n) is 4.42. The molecule has 5 heteroatoms. The summed E-state index contributed by atoms with van der Waals surface area (Å²) in [6.45, 7) is 2.93.